The molecule has 5 nitrogen and oxygen atoms in total. The number of aliphatic hydroxyl groups is 1. The molecule has 35 heavy (non-hydrogen) atoms. The topological polar surface area (TPSA) is 81.8 Å². The van der Waals surface area contributed by atoms with E-state index in [2.05, 4.69) is 0 Å². The van der Waals surface area contributed by atoms with Gasteiger partial charge in [-0.1, -0.05) is 49.7 Å². The summed E-state index contributed by atoms with van der Waals surface area (Å²) in [6, 6.07) is 16.9. The third-order valence-electron chi connectivity index (χ3n) is 6.88. The van der Waals surface area contributed by atoms with Crippen LogP contribution >= 0.6 is 0 Å². The second kappa shape index (κ2) is 9.44. The molecule has 0 spiro atoms. The number of fused-ring (bicyclic) bond motifs is 1. The van der Waals surface area contributed by atoms with E-state index in [9.17, 15) is 14.3 Å². The number of cyclic esters (lactones) is 1. The molecule has 0 aromatic heterocycles. The Morgan fingerprint density at radius 3 is 2.63 bits per heavy atom. The number of esters is 1. The largest absolute Gasteiger partial charge is 0.496 e. The molecule has 0 amide bonds. The molecule has 3 aromatic carbocycles. The molecule has 1 aliphatic heterocycles. The molecule has 0 saturated carbocycles. The zero-order valence-electron chi connectivity index (χ0n) is 20.6. The first-order valence-corrected chi connectivity index (χ1v) is 11.7. The summed E-state index contributed by atoms with van der Waals surface area (Å²) in [5.74, 6) is -0.172. The van der Waals surface area contributed by atoms with Crippen LogP contribution in [-0.4, -0.2) is 23.8 Å². The number of hydrogen-bond donors (Lipinski definition) is 2. The molecule has 0 radical (unpaired) electrons. The molecular formula is C29H32FNO4. The fraction of sp³-hybridized carbons (Fsp3) is 0.345. The summed E-state index contributed by atoms with van der Waals surface area (Å²) in [5, 5.41) is 12.3. The lowest BCUT2D eigenvalue weighted by molar-refractivity contribution is -0.0120. The molecule has 184 valence electrons. The Hall–Kier alpha value is -3.22. The third-order valence-corrected chi connectivity index (χ3v) is 6.88. The number of rotatable bonds is 8. The smallest absolute Gasteiger partial charge is 0.338 e. The zero-order valence-corrected chi connectivity index (χ0v) is 20.6. The normalized spacial score (nSPS) is 15.8. The average Bonchev–Trinajstić information content (AvgIpc) is 3.18. The first-order valence-electron chi connectivity index (χ1n) is 11.7. The van der Waals surface area contributed by atoms with E-state index >= 15 is 0 Å². The van der Waals surface area contributed by atoms with Crippen molar-refractivity contribution in [3.05, 3.63) is 99.9 Å². The van der Waals surface area contributed by atoms with E-state index in [0.29, 0.717) is 28.9 Å². The minimum absolute atomic E-state index is 0.191. The van der Waals surface area contributed by atoms with Gasteiger partial charge in [0.15, 0.2) is 0 Å². The number of halogens is 1. The van der Waals surface area contributed by atoms with Crippen LogP contribution in [0.25, 0.3) is 0 Å². The molecule has 0 aliphatic carbocycles. The summed E-state index contributed by atoms with van der Waals surface area (Å²) in [6.07, 6.45) is 0.533. The van der Waals surface area contributed by atoms with Gasteiger partial charge in [0.1, 0.15) is 18.2 Å². The summed E-state index contributed by atoms with van der Waals surface area (Å²) in [7, 11) is 1.55. The van der Waals surface area contributed by atoms with E-state index in [1.165, 1.54) is 12.1 Å². The van der Waals surface area contributed by atoms with Gasteiger partial charge in [0.05, 0.1) is 24.3 Å². The van der Waals surface area contributed by atoms with Gasteiger partial charge in [0.25, 0.3) is 0 Å². The van der Waals surface area contributed by atoms with Crippen molar-refractivity contribution in [3.8, 4) is 5.75 Å². The van der Waals surface area contributed by atoms with Crippen LogP contribution in [0.1, 0.15) is 64.5 Å². The number of benzene rings is 3. The van der Waals surface area contributed by atoms with Crippen LogP contribution < -0.4 is 10.5 Å². The SMILES string of the molecule is COc1ccc(F)cc1C(C)(C)CC(O)(Cc1cccc(C)c1)C(N)c1ccc2c(c1)COC2=O. The second-order valence-corrected chi connectivity index (χ2v) is 10.1. The monoisotopic (exact) mass is 477 g/mol. The highest BCUT2D eigenvalue weighted by Gasteiger charge is 2.42. The molecule has 1 aliphatic rings. The summed E-state index contributed by atoms with van der Waals surface area (Å²) in [5.41, 5.74) is 9.39. The molecule has 0 fully saturated rings. The Morgan fingerprint density at radius 1 is 1.14 bits per heavy atom. The van der Waals surface area contributed by atoms with Gasteiger partial charge in [-0.3, -0.25) is 0 Å². The quantitative estimate of drug-likeness (QED) is 0.438. The summed E-state index contributed by atoms with van der Waals surface area (Å²) in [6.45, 7) is 6.10. The molecule has 4 rings (SSSR count). The third kappa shape index (κ3) is 5.09. The summed E-state index contributed by atoms with van der Waals surface area (Å²) >= 11 is 0. The van der Waals surface area contributed by atoms with Gasteiger partial charge in [-0.15, -0.1) is 0 Å². The lowest BCUT2D eigenvalue weighted by Crippen LogP contribution is -2.47. The predicted octanol–water partition coefficient (Wildman–Crippen LogP) is 5.15. The number of hydrogen-bond acceptors (Lipinski definition) is 5. The fourth-order valence-corrected chi connectivity index (χ4v) is 5.18. The van der Waals surface area contributed by atoms with E-state index in [0.717, 1.165) is 16.7 Å². The van der Waals surface area contributed by atoms with Crippen LogP contribution in [0.2, 0.25) is 0 Å². The minimum Gasteiger partial charge on any atom is -0.496 e. The van der Waals surface area contributed by atoms with Crippen molar-refractivity contribution < 1.29 is 23.8 Å². The average molecular weight is 478 g/mol. The standard InChI is InChI=1S/C29H32FNO4/c1-18-6-5-7-19(12-18)15-29(33,17-28(2,3)24-14-22(30)9-11-25(24)34-4)26(31)20-8-10-23-21(13-20)16-35-27(23)32/h5-14,26,33H,15-17,31H2,1-4H3. The first-order chi connectivity index (χ1) is 16.5. The highest BCUT2D eigenvalue weighted by molar-refractivity contribution is 5.93. The van der Waals surface area contributed by atoms with Gasteiger partial charge in [-0.2, -0.15) is 0 Å². The fourth-order valence-electron chi connectivity index (χ4n) is 5.18. The van der Waals surface area contributed by atoms with E-state index < -0.39 is 17.1 Å². The molecule has 6 heteroatoms. The van der Waals surface area contributed by atoms with Crippen LogP contribution in [0.15, 0.2) is 60.7 Å². The maximum atomic E-state index is 14.2. The molecule has 2 atom stereocenters. The Morgan fingerprint density at radius 2 is 1.91 bits per heavy atom. The van der Waals surface area contributed by atoms with Crippen LogP contribution in [-0.2, 0) is 23.2 Å². The van der Waals surface area contributed by atoms with Crippen molar-refractivity contribution >= 4 is 5.97 Å². The van der Waals surface area contributed by atoms with Crippen LogP contribution in [0.4, 0.5) is 4.39 Å². The van der Waals surface area contributed by atoms with Gasteiger partial charge in [0, 0.05) is 17.5 Å². The maximum absolute atomic E-state index is 14.2. The van der Waals surface area contributed by atoms with Gasteiger partial charge in [-0.25, -0.2) is 9.18 Å². The Bertz CT molecular complexity index is 1260. The van der Waals surface area contributed by atoms with Crippen molar-refractivity contribution in [2.75, 3.05) is 7.11 Å². The van der Waals surface area contributed by atoms with Gasteiger partial charge in [0.2, 0.25) is 0 Å². The van der Waals surface area contributed by atoms with Crippen molar-refractivity contribution in [1.29, 1.82) is 0 Å². The molecule has 0 bridgehead atoms. The molecule has 3 aromatic rings. The summed E-state index contributed by atoms with van der Waals surface area (Å²) in [4.78, 5) is 11.9. The minimum atomic E-state index is -1.40. The van der Waals surface area contributed by atoms with E-state index in [-0.39, 0.29) is 24.8 Å². The molecule has 3 N–H and O–H groups in total. The second-order valence-electron chi connectivity index (χ2n) is 10.1. The van der Waals surface area contributed by atoms with E-state index in [1.54, 1.807) is 25.3 Å². The lowest BCUT2D eigenvalue weighted by Gasteiger charge is -2.41. The Kier molecular flexibility index (Phi) is 6.71. The first kappa shape index (κ1) is 24.9. The van der Waals surface area contributed by atoms with Gasteiger partial charge < -0.3 is 20.3 Å². The Labute approximate surface area is 205 Å². The van der Waals surface area contributed by atoms with Crippen molar-refractivity contribution in [2.45, 2.75) is 57.3 Å². The number of carbonyl (C=O) groups excluding carboxylic acids is 1. The number of aryl methyl sites for hydroxylation is 1. The number of ether oxygens (including phenoxy) is 2. The molecular weight excluding hydrogens is 445 g/mol. The lowest BCUT2D eigenvalue weighted by atomic mass is 9.69. The molecule has 0 saturated heterocycles. The number of methoxy groups -OCH3 is 1. The van der Waals surface area contributed by atoms with Gasteiger partial charge >= 0.3 is 5.97 Å². The number of nitrogens with two attached hydrogens (primary N) is 1. The van der Waals surface area contributed by atoms with Crippen molar-refractivity contribution in [2.24, 2.45) is 5.73 Å². The van der Waals surface area contributed by atoms with E-state index in [1.807, 2.05) is 51.1 Å². The highest BCUT2D eigenvalue weighted by atomic mass is 19.1. The zero-order chi connectivity index (χ0) is 25.4. The van der Waals surface area contributed by atoms with E-state index in [4.69, 9.17) is 15.2 Å². The molecule has 2 unspecified atom stereocenters. The number of carbonyl (C=O) groups is 1. The predicted molar refractivity (Wildman–Crippen MR) is 133 cm³/mol. The molecule has 1 heterocycles. The Balaban J connectivity index is 1.76. The van der Waals surface area contributed by atoms with Crippen molar-refractivity contribution in [3.63, 3.8) is 0 Å². The van der Waals surface area contributed by atoms with Crippen LogP contribution in [0, 0.1) is 12.7 Å². The van der Waals surface area contributed by atoms with Crippen LogP contribution in [0.5, 0.6) is 5.75 Å². The summed E-state index contributed by atoms with van der Waals surface area (Å²) < 4.78 is 24.9. The highest BCUT2D eigenvalue weighted by Crippen LogP contribution is 2.43. The maximum Gasteiger partial charge on any atom is 0.338 e. The van der Waals surface area contributed by atoms with Crippen molar-refractivity contribution in [1.82, 2.24) is 0 Å². The van der Waals surface area contributed by atoms with Gasteiger partial charge in [-0.05, 0) is 60.2 Å². The van der Waals surface area contributed by atoms with Crippen LogP contribution in [0.3, 0.4) is 0 Å².